The van der Waals surface area contributed by atoms with E-state index in [4.69, 9.17) is 9.47 Å². The highest BCUT2D eigenvalue weighted by molar-refractivity contribution is 6.45. The number of hydrogen-bond donors (Lipinski definition) is 0. The lowest BCUT2D eigenvalue weighted by Gasteiger charge is -2.29. The van der Waals surface area contributed by atoms with Crippen molar-refractivity contribution in [2.24, 2.45) is 0 Å². The molecule has 4 aliphatic rings. The first kappa shape index (κ1) is 21.7. The van der Waals surface area contributed by atoms with Crippen LogP contribution < -0.4 is 9.47 Å². The Kier molecular flexibility index (Phi) is 5.95. The summed E-state index contributed by atoms with van der Waals surface area (Å²) < 4.78 is 11.5. The average Bonchev–Trinajstić information content (AvgIpc) is 3.30. The standard InChI is InChI=1S/C24H29N3O6/c28-21(15-26-22(29)23(30)27(24(26)31)17-6-2-1-3-7-17)25-11-4-8-18(25)16-9-10-19-20(14-16)33-13-5-12-32-19/h9-10,14,17-18H,1-8,11-13,15H2. The summed E-state index contributed by atoms with van der Waals surface area (Å²) in [6.07, 6.45) is 6.77. The molecule has 1 aliphatic carbocycles. The topological polar surface area (TPSA) is 96.5 Å². The van der Waals surface area contributed by atoms with Crippen molar-refractivity contribution in [2.45, 2.75) is 63.5 Å². The molecule has 0 aromatic heterocycles. The van der Waals surface area contributed by atoms with Gasteiger partial charge in [-0.25, -0.2) is 9.69 Å². The van der Waals surface area contributed by atoms with Crippen molar-refractivity contribution >= 4 is 23.8 Å². The van der Waals surface area contributed by atoms with Crippen LogP contribution in [-0.4, -0.2) is 70.8 Å². The smallest absolute Gasteiger partial charge is 0.334 e. The molecule has 5 rings (SSSR count). The van der Waals surface area contributed by atoms with Crippen molar-refractivity contribution in [3.8, 4) is 11.5 Å². The van der Waals surface area contributed by atoms with Crippen LogP contribution in [0.25, 0.3) is 0 Å². The molecule has 3 aliphatic heterocycles. The minimum atomic E-state index is -0.898. The predicted molar refractivity (Wildman–Crippen MR) is 117 cm³/mol. The molecule has 0 radical (unpaired) electrons. The van der Waals surface area contributed by atoms with Gasteiger partial charge in [0.2, 0.25) is 5.91 Å². The second-order valence-electron chi connectivity index (χ2n) is 9.14. The number of nitrogens with zero attached hydrogens (tertiary/aromatic N) is 3. The first-order chi connectivity index (χ1) is 16.0. The first-order valence-electron chi connectivity index (χ1n) is 11.9. The third kappa shape index (κ3) is 4.05. The van der Waals surface area contributed by atoms with Gasteiger partial charge in [-0.1, -0.05) is 25.3 Å². The molecule has 1 unspecified atom stereocenters. The summed E-state index contributed by atoms with van der Waals surface area (Å²) in [6.45, 7) is 1.31. The summed E-state index contributed by atoms with van der Waals surface area (Å²) in [5.74, 6) is -0.667. The number of amides is 5. The maximum Gasteiger partial charge on any atom is 0.334 e. The van der Waals surface area contributed by atoms with Crippen LogP contribution in [0.1, 0.15) is 63.0 Å². The number of carbonyl (C=O) groups is 4. The van der Waals surface area contributed by atoms with Gasteiger partial charge in [-0.15, -0.1) is 0 Å². The minimum absolute atomic E-state index is 0.174. The maximum absolute atomic E-state index is 13.2. The molecule has 1 aromatic rings. The molecule has 1 saturated carbocycles. The summed E-state index contributed by atoms with van der Waals surface area (Å²) >= 11 is 0. The molecule has 3 heterocycles. The highest BCUT2D eigenvalue weighted by Crippen LogP contribution is 2.38. The number of likely N-dealkylation sites (tertiary alicyclic amines) is 1. The Labute approximate surface area is 192 Å². The van der Waals surface area contributed by atoms with Gasteiger partial charge >= 0.3 is 17.8 Å². The number of benzene rings is 1. The van der Waals surface area contributed by atoms with Gasteiger partial charge in [0, 0.05) is 19.0 Å². The second kappa shape index (κ2) is 9.03. The summed E-state index contributed by atoms with van der Waals surface area (Å²) in [4.78, 5) is 54.9. The van der Waals surface area contributed by atoms with Crippen LogP contribution >= 0.6 is 0 Å². The van der Waals surface area contributed by atoms with E-state index in [0.29, 0.717) is 44.1 Å². The van der Waals surface area contributed by atoms with Gasteiger partial charge in [0.05, 0.1) is 19.3 Å². The molecule has 0 spiro atoms. The van der Waals surface area contributed by atoms with Crippen molar-refractivity contribution in [2.75, 3.05) is 26.3 Å². The Morgan fingerprint density at radius 2 is 1.64 bits per heavy atom. The van der Waals surface area contributed by atoms with Crippen LogP contribution in [0, 0.1) is 0 Å². The Morgan fingerprint density at radius 3 is 2.42 bits per heavy atom. The van der Waals surface area contributed by atoms with Gasteiger partial charge in [0.25, 0.3) is 0 Å². The average molecular weight is 456 g/mol. The normalized spacial score (nSPS) is 23.9. The van der Waals surface area contributed by atoms with Crippen molar-refractivity contribution in [1.29, 1.82) is 0 Å². The number of carbonyl (C=O) groups excluding carboxylic acids is 4. The molecule has 33 heavy (non-hydrogen) atoms. The molecular formula is C24H29N3O6. The second-order valence-corrected chi connectivity index (χ2v) is 9.14. The van der Waals surface area contributed by atoms with E-state index in [9.17, 15) is 19.2 Å². The Hall–Kier alpha value is -3.10. The fraction of sp³-hybridized carbons (Fsp3) is 0.583. The van der Waals surface area contributed by atoms with Crippen LogP contribution in [0.5, 0.6) is 11.5 Å². The number of hydrogen-bond acceptors (Lipinski definition) is 6. The van der Waals surface area contributed by atoms with Crippen LogP contribution in [-0.2, 0) is 14.4 Å². The number of fused-ring (bicyclic) bond motifs is 1. The third-order valence-electron chi connectivity index (χ3n) is 7.05. The van der Waals surface area contributed by atoms with E-state index in [2.05, 4.69) is 0 Å². The Morgan fingerprint density at radius 1 is 0.879 bits per heavy atom. The first-order valence-corrected chi connectivity index (χ1v) is 11.9. The number of urea groups is 1. The Balaban J connectivity index is 1.30. The molecule has 176 valence electrons. The van der Waals surface area contributed by atoms with E-state index in [1.54, 1.807) is 4.90 Å². The summed E-state index contributed by atoms with van der Waals surface area (Å²) in [7, 11) is 0. The zero-order valence-corrected chi connectivity index (χ0v) is 18.7. The van der Waals surface area contributed by atoms with Gasteiger partial charge in [-0.2, -0.15) is 0 Å². The molecule has 0 bridgehead atoms. The number of imide groups is 2. The molecule has 1 atom stereocenters. The van der Waals surface area contributed by atoms with Crippen molar-refractivity contribution in [1.82, 2.24) is 14.7 Å². The number of ether oxygens (including phenoxy) is 2. The van der Waals surface area contributed by atoms with Crippen LogP contribution in [0.15, 0.2) is 18.2 Å². The third-order valence-corrected chi connectivity index (χ3v) is 7.05. The van der Waals surface area contributed by atoms with E-state index in [1.165, 1.54) is 0 Å². The van der Waals surface area contributed by atoms with E-state index in [0.717, 1.165) is 53.9 Å². The Bertz CT molecular complexity index is 973. The zero-order valence-electron chi connectivity index (χ0n) is 18.7. The quantitative estimate of drug-likeness (QED) is 0.512. The lowest BCUT2D eigenvalue weighted by atomic mass is 9.94. The minimum Gasteiger partial charge on any atom is -0.490 e. The highest BCUT2D eigenvalue weighted by Gasteiger charge is 2.49. The maximum atomic E-state index is 13.2. The van der Waals surface area contributed by atoms with Gasteiger partial charge < -0.3 is 14.4 Å². The van der Waals surface area contributed by atoms with Gasteiger partial charge in [0.15, 0.2) is 11.5 Å². The van der Waals surface area contributed by atoms with Crippen molar-refractivity contribution in [3.05, 3.63) is 23.8 Å². The van der Waals surface area contributed by atoms with Crippen LogP contribution in [0.4, 0.5) is 4.79 Å². The van der Waals surface area contributed by atoms with E-state index in [1.807, 2.05) is 18.2 Å². The van der Waals surface area contributed by atoms with Crippen LogP contribution in [0.2, 0.25) is 0 Å². The monoisotopic (exact) mass is 455 g/mol. The predicted octanol–water partition coefficient (Wildman–Crippen LogP) is 2.63. The summed E-state index contributed by atoms with van der Waals surface area (Å²) in [5, 5.41) is 0. The molecular weight excluding hydrogens is 426 g/mol. The largest absolute Gasteiger partial charge is 0.490 e. The van der Waals surface area contributed by atoms with Crippen LogP contribution in [0.3, 0.4) is 0 Å². The summed E-state index contributed by atoms with van der Waals surface area (Å²) in [5.41, 5.74) is 0.934. The van der Waals surface area contributed by atoms with Crippen molar-refractivity contribution in [3.63, 3.8) is 0 Å². The molecule has 3 fully saturated rings. The SMILES string of the molecule is O=C1C(=O)N(C2CCCCC2)C(=O)N1CC(=O)N1CCCC1c1ccc2c(c1)OCCCO2. The zero-order chi connectivity index (χ0) is 22.9. The number of rotatable bonds is 4. The van der Waals surface area contributed by atoms with E-state index in [-0.39, 0.29) is 18.0 Å². The molecule has 9 heteroatoms. The van der Waals surface area contributed by atoms with Gasteiger partial charge in [-0.05, 0) is 43.4 Å². The molecule has 0 N–H and O–H groups in total. The summed E-state index contributed by atoms with van der Waals surface area (Å²) in [6, 6.07) is 4.64. The van der Waals surface area contributed by atoms with Gasteiger partial charge in [-0.3, -0.25) is 19.3 Å². The fourth-order valence-corrected chi connectivity index (χ4v) is 5.35. The molecule has 5 amide bonds. The van der Waals surface area contributed by atoms with E-state index < -0.39 is 24.4 Å². The van der Waals surface area contributed by atoms with Crippen molar-refractivity contribution < 1.29 is 28.7 Å². The fourth-order valence-electron chi connectivity index (χ4n) is 5.35. The van der Waals surface area contributed by atoms with E-state index >= 15 is 0 Å². The lowest BCUT2D eigenvalue weighted by Crippen LogP contribution is -2.45. The molecule has 1 aromatic carbocycles. The highest BCUT2D eigenvalue weighted by atomic mass is 16.5. The van der Waals surface area contributed by atoms with Gasteiger partial charge in [0.1, 0.15) is 6.54 Å². The molecule has 9 nitrogen and oxygen atoms in total. The molecule has 2 saturated heterocycles. The lowest BCUT2D eigenvalue weighted by molar-refractivity contribution is -0.145.